The average molecular weight is 298 g/mol. The third kappa shape index (κ3) is 3.26. The van der Waals surface area contributed by atoms with E-state index < -0.39 is 4.92 Å². The third-order valence-electron chi connectivity index (χ3n) is 3.38. The quantitative estimate of drug-likeness (QED) is 0.663. The summed E-state index contributed by atoms with van der Waals surface area (Å²) in [5.41, 5.74) is 0.973. The molecule has 1 aliphatic heterocycles. The van der Waals surface area contributed by atoms with Crippen LogP contribution in [0.15, 0.2) is 12.1 Å². The molecule has 0 aliphatic carbocycles. The monoisotopic (exact) mass is 297 g/mol. The summed E-state index contributed by atoms with van der Waals surface area (Å²) in [7, 11) is 0. The fourth-order valence-electron chi connectivity index (χ4n) is 2.24. The van der Waals surface area contributed by atoms with Gasteiger partial charge >= 0.3 is 0 Å². The van der Waals surface area contributed by atoms with E-state index in [1.807, 2.05) is 0 Å². The standard InChI is InChI=1S/C13H16ClN3O3/c1-8-6-12(17(19)20)9(14)7-11(8)16-13(18)10-4-2-3-5-15-10/h6-7,10,15H,2-5H2,1H3,(H,16,18)/t10-/m0/s1. The lowest BCUT2D eigenvalue weighted by atomic mass is 10.0. The number of anilines is 1. The number of halogens is 1. The number of piperidine rings is 1. The summed E-state index contributed by atoms with van der Waals surface area (Å²) in [5, 5.41) is 16.7. The largest absolute Gasteiger partial charge is 0.324 e. The van der Waals surface area contributed by atoms with E-state index in [1.54, 1.807) is 6.92 Å². The summed E-state index contributed by atoms with van der Waals surface area (Å²) in [6, 6.07) is 2.58. The number of nitrogens with zero attached hydrogens (tertiary/aromatic N) is 1. The predicted molar refractivity (Wildman–Crippen MR) is 77.1 cm³/mol. The van der Waals surface area contributed by atoms with Crippen molar-refractivity contribution >= 4 is 28.9 Å². The Balaban J connectivity index is 2.15. The number of carbonyl (C=O) groups excluding carboxylic acids is 1. The number of carbonyl (C=O) groups is 1. The molecule has 1 heterocycles. The minimum absolute atomic E-state index is 0.0208. The maximum atomic E-state index is 12.1. The van der Waals surface area contributed by atoms with Gasteiger partial charge in [-0.3, -0.25) is 14.9 Å². The molecule has 0 aromatic heterocycles. The lowest BCUT2D eigenvalue weighted by molar-refractivity contribution is -0.384. The highest BCUT2D eigenvalue weighted by molar-refractivity contribution is 6.33. The first-order valence-corrected chi connectivity index (χ1v) is 6.85. The van der Waals surface area contributed by atoms with Gasteiger partial charge in [0.25, 0.3) is 5.69 Å². The molecule has 6 nitrogen and oxygen atoms in total. The first-order chi connectivity index (χ1) is 9.49. The lowest BCUT2D eigenvalue weighted by Gasteiger charge is -2.23. The highest BCUT2D eigenvalue weighted by Crippen LogP contribution is 2.30. The van der Waals surface area contributed by atoms with Gasteiger partial charge < -0.3 is 10.6 Å². The predicted octanol–water partition coefficient (Wildman–Crippen LogP) is 2.64. The highest BCUT2D eigenvalue weighted by atomic mass is 35.5. The maximum Gasteiger partial charge on any atom is 0.288 e. The van der Waals surface area contributed by atoms with Crippen molar-refractivity contribution in [2.45, 2.75) is 32.2 Å². The number of rotatable bonds is 3. The van der Waals surface area contributed by atoms with Gasteiger partial charge in [0.1, 0.15) is 5.02 Å². The zero-order chi connectivity index (χ0) is 14.7. The fourth-order valence-corrected chi connectivity index (χ4v) is 2.47. The van der Waals surface area contributed by atoms with Crippen molar-refractivity contribution in [1.82, 2.24) is 5.32 Å². The van der Waals surface area contributed by atoms with E-state index in [0.29, 0.717) is 11.3 Å². The van der Waals surface area contributed by atoms with Crippen molar-refractivity contribution in [3.05, 3.63) is 32.8 Å². The van der Waals surface area contributed by atoms with Gasteiger partial charge in [0.05, 0.1) is 11.0 Å². The maximum absolute atomic E-state index is 12.1. The second-order valence-corrected chi connectivity index (χ2v) is 5.27. The molecule has 1 aliphatic rings. The summed E-state index contributed by atoms with van der Waals surface area (Å²) in [6.45, 7) is 2.53. The van der Waals surface area contributed by atoms with E-state index in [0.717, 1.165) is 25.8 Å². The molecule has 0 saturated carbocycles. The summed E-state index contributed by atoms with van der Waals surface area (Å²) in [5.74, 6) is -0.127. The molecule has 2 rings (SSSR count). The van der Waals surface area contributed by atoms with Gasteiger partial charge in [-0.2, -0.15) is 0 Å². The number of nitro groups is 1. The Labute approximate surface area is 121 Å². The minimum Gasteiger partial charge on any atom is -0.324 e. The zero-order valence-electron chi connectivity index (χ0n) is 11.1. The number of aryl methyl sites for hydroxylation is 1. The van der Waals surface area contributed by atoms with Crippen LogP contribution in [-0.2, 0) is 4.79 Å². The fraction of sp³-hybridized carbons (Fsp3) is 0.462. The van der Waals surface area contributed by atoms with E-state index >= 15 is 0 Å². The molecule has 0 unspecified atom stereocenters. The SMILES string of the molecule is Cc1cc([N+](=O)[O-])c(Cl)cc1NC(=O)[C@@H]1CCCCN1. The molecule has 20 heavy (non-hydrogen) atoms. The highest BCUT2D eigenvalue weighted by Gasteiger charge is 2.22. The van der Waals surface area contributed by atoms with Crippen LogP contribution in [0.1, 0.15) is 24.8 Å². The van der Waals surface area contributed by atoms with Crippen molar-refractivity contribution in [1.29, 1.82) is 0 Å². The van der Waals surface area contributed by atoms with Crippen LogP contribution in [0, 0.1) is 17.0 Å². The molecule has 1 amide bonds. The van der Waals surface area contributed by atoms with Crippen molar-refractivity contribution in [3.63, 3.8) is 0 Å². The summed E-state index contributed by atoms with van der Waals surface area (Å²) < 4.78 is 0. The van der Waals surface area contributed by atoms with Gasteiger partial charge in [0.2, 0.25) is 5.91 Å². The number of hydrogen-bond donors (Lipinski definition) is 2. The van der Waals surface area contributed by atoms with Gasteiger partial charge in [-0.25, -0.2) is 0 Å². The smallest absolute Gasteiger partial charge is 0.288 e. The van der Waals surface area contributed by atoms with Gasteiger partial charge in [-0.15, -0.1) is 0 Å². The normalized spacial score (nSPS) is 18.6. The molecule has 1 aromatic carbocycles. The Kier molecular flexibility index (Phi) is 4.57. The number of nitro benzene ring substituents is 1. The van der Waals surface area contributed by atoms with Crippen LogP contribution < -0.4 is 10.6 Å². The van der Waals surface area contributed by atoms with Gasteiger partial charge in [0, 0.05) is 11.8 Å². The van der Waals surface area contributed by atoms with Crippen molar-refractivity contribution in [3.8, 4) is 0 Å². The van der Waals surface area contributed by atoms with Crippen LogP contribution in [-0.4, -0.2) is 23.4 Å². The molecule has 108 valence electrons. The minimum atomic E-state index is -0.538. The molecule has 1 fully saturated rings. The van der Waals surface area contributed by atoms with Crippen LogP contribution >= 0.6 is 11.6 Å². The molecule has 1 atom stereocenters. The summed E-state index contributed by atoms with van der Waals surface area (Å²) in [6.07, 6.45) is 2.89. The van der Waals surface area contributed by atoms with Gasteiger partial charge in [-0.1, -0.05) is 18.0 Å². The molecule has 7 heteroatoms. The van der Waals surface area contributed by atoms with Crippen molar-refractivity contribution < 1.29 is 9.72 Å². The van der Waals surface area contributed by atoms with Crippen LogP contribution in [0.3, 0.4) is 0 Å². The van der Waals surface area contributed by atoms with Crippen LogP contribution in [0.25, 0.3) is 0 Å². The van der Waals surface area contributed by atoms with E-state index in [1.165, 1.54) is 12.1 Å². The number of hydrogen-bond acceptors (Lipinski definition) is 4. The van der Waals surface area contributed by atoms with Crippen LogP contribution in [0.2, 0.25) is 5.02 Å². The molecule has 0 spiro atoms. The Morgan fingerprint density at radius 3 is 2.85 bits per heavy atom. The zero-order valence-corrected chi connectivity index (χ0v) is 11.9. The van der Waals surface area contributed by atoms with E-state index in [2.05, 4.69) is 10.6 Å². The molecule has 0 radical (unpaired) electrons. The Morgan fingerprint density at radius 2 is 2.25 bits per heavy atom. The van der Waals surface area contributed by atoms with Crippen molar-refractivity contribution in [2.75, 3.05) is 11.9 Å². The average Bonchev–Trinajstić information content (AvgIpc) is 2.43. The second kappa shape index (κ2) is 6.19. The molecule has 0 bridgehead atoms. The van der Waals surface area contributed by atoms with E-state index in [9.17, 15) is 14.9 Å². The summed E-state index contributed by atoms with van der Waals surface area (Å²) >= 11 is 5.86. The topological polar surface area (TPSA) is 84.3 Å². The Hall–Kier alpha value is -1.66. The first-order valence-electron chi connectivity index (χ1n) is 6.48. The molecule has 2 N–H and O–H groups in total. The first kappa shape index (κ1) is 14.7. The molecule has 1 saturated heterocycles. The second-order valence-electron chi connectivity index (χ2n) is 4.87. The van der Waals surface area contributed by atoms with E-state index in [-0.39, 0.29) is 22.7 Å². The van der Waals surface area contributed by atoms with Crippen LogP contribution in [0.5, 0.6) is 0 Å². The molecular formula is C13H16ClN3O3. The Morgan fingerprint density at radius 1 is 1.50 bits per heavy atom. The lowest BCUT2D eigenvalue weighted by Crippen LogP contribution is -2.43. The number of nitrogens with one attached hydrogen (secondary N) is 2. The third-order valence-corrected chi connectivity index (χ3v) is 3.68. The van der Waals surface area contributed by atoms with E-state index in [4.69, 9.17) is 11.6 Å². The van der Waals surface area contributed by atoms with Gasteiger partial charge in [0.15, 0.2) is 0 Å². The van der Waals surface area contributed by atoms with Crippen LogP contribution in [0.4, 0.5) is 11.4 Å². The van der Waals surface area contributed by atoms with Gasteiger partial charge in [-0.05, 0) is 37.9 Å². The number of benzene rings is 1. The van der Waals surface area contributed by atoms with Crippen molar-refractivity contribution in [2.24, 2.45) is 0 Å². The Bertz CT molecular complexity index is 542. The molecule has 1 aromatic rings. The molecular weight excluding hydrogens is 282 g/mol. The summed E-state index contributed by atoms with van der Waals surface area (Å²) in [4.78, 5) is 22.3. The number of amides is 1.